The number of carboxylic acids is 1. The maximum Gasteiger partial charge on any atom is 0.303 e. The molecule has 0 fully saturated rings. The first-order valence-corrected chi connectivity index (χ1v) is 10.9. The second kappa shape index (κ2) is 10.6. The zero-order valence-corrected chi connectivity index (χ0v) is 17.9. The van der Waals surface area contributed by atoms with Crippen molar-refractivity contribution in [3.63, 3.8) is 0 Å². The third-order valence-corrected chi connectivity index (χ3v) is 6.00. The van der Waals surface area contributed by atoms with Gasteiger partial charge in [-0.15, -0.1) is 11.8 Å². The van der Waals surface area contributed by atoms with Gasteiger partial charge in [0, 0.05) is 22.7 Å². The van der Waals surface area contributed by atoms with E-state index < -0.39 is 5.97 Å². The molecule has 0 aliphatic rings. The van der Waals surface area contributed by atoms with Crippen LogP contribution >= 0.6 is 11.8 Å². The largest absolute Gasteiger partial charge is 0.481 e. The Labute approximate surface area is 185 Å². The van der Waals surface area contributed by atoms with E-state index in [4.69, 9.17) is 5.11 Å². The number of aliphatic carboxylic acids is 1. The number of nitrogens with one attached hydrogen (secondary N) is 2. The zero-order valence-electron chi connectivity index (χ0n) is 17.1. The predicted octanol–water partition coefficient (Wildman–Crippen LogP) is 5.15. The molecule has 1 unspecified atom stereocenters. The number of hydrogen-bond acceptors (Lipinski definition) is 4. The van der Waals surface area contributed by atoms with Gasteiger partial charge in [0.1, 0.15) is 0 Å². The average Bonchev–Trinajstić information content (AvgIpc) is 2.76. The molecule has 1 atom stereocenters. The quantitative estimate of drug-likeness (QED) is 0.403. The van der Waals surface area contributed by atoms with Gasteiger partial charge in [0.2, 0.25) is 11.8 Å². The highest BCUT2D eigenvalue weighted by Crippen LogP contribution is 2.29. The maximum atomic E-state index is 12.8. The van der Waals surface area contributed by atoms with Crippen LogP contribution in [0.15, 0.2) is 71.6 Å². The summed E-state index contributed by atoms with van der Waals surface area (Å²) >= 11 is 1.42. The van der Waals surface area contributed by atoms with Crippen LogP contribution in [0.2, 0.25) is 0 Å². The summed E-state index contributed by atoms with van der Waals surface area (Å²) in [7, 11) is 0. The Hall–Kier alpha value is -3.32. The molecule has 160 valence electrons. The highest BCUT2D eigenvalue weighted by Gasteiger charge is 2.18. The number of hydrogen-bond donors (Lipinski definition) is 3. The monoisotopic (exact) mass is 436 g/mol. The van der Waals surface area contributed by atoms with Crippen LogP contribution in [0.3, 0.4) is 0 Å². The smallest absolute Gasteiger partial charge is 0.303 e. The molecule has 2 amide bonds. The molecule has 6 nitrogen and oxygen atoms in total. The van der Waals surface area contributed by atoms with Crippen molar-refractivity contribution < 1.29 is 19.5 Å². The molecule has 0 radical (unpaired) electrons. The van der Waals surface area contributed by atoms with Crippen LogP contribution in [0.4, 0.5) is 11.4 Å². The minimum atomic E-state index is -1.01. The van der Waals surface area contributed by atoms with E-state index >= 15 is 0 Å². The number of thioether (sulfide) groups is 1. The lowest BCUT2D eigenvalue weighted by atomic mass is 10.1. The van der Waals surface area contributed by atoms with Crippen molar-refractivity contribution in [2.24, 2.45) is 0 Å². The molecule has 0 bridgehead atoms. The molecule has 3 aromatic carbocycles. The molecule has 3 N–H and O–H groups in total. The Bertz CT molecular complexity index is 1100. The standard InChI is InChI=1S/C24H24N2O4S/c1-2-21(24(30)26-19-11-10-16-6-3-4-7-17(16)14-19)31-20-9-5-8-18(15-20)25-22(27)12-13-23(28)29/h3-11,14-15,21H,2,12-13H2,1H3,(H,25,27)(H,26,30)(H,28,29). The summed E-state index contributed by atoms with van der Waals surface area (Å²) in [5.41, 5.74) is 1.33. The fourth-order valence-electron chi connectivity index (χ4n) is 3.07. The second-order valence-corrected chi connectivity index (χ2v) is 8.31. The molecule has 0 heterocycles. The molecule has 7 heteroatoms. The van der Waals surface area contributed by atoms with Crippen LogP contribution in [-0.4, -0.2) is 28.1 Å². The lowest BCUT2D eigenvalue weighted by Crippen LogP contribution is -2.24. The number of rotatable bonds is 9. The van der Waals surface area contributed by atoms with Crippen molar-refractivity contribution in [1.82, 2.24) is 0 Å². The van der Waals surface area contributed by atoms with Gasteiger partial charge in [-0.1, -0.05) is 43.3 Å². The van der Waals surface area contributed by atoms with E-state index in [-0.39, 0.29) is 29.9 Å². The Kier molecular flexibility index (Phi) is 7.67. The summed E-state index contributed by atoms with van der Waals surface area (Å²) in [5, 5.41) is 16.3. The maximum absolute atomic E-state index is 12.8. The summed E-state index contributed by atoms with van der Waals surface area (Å²) in [5.74, 6) is -1.45. The van der Waals surface area contributed by atoms with E-state index in [2.05, 4.69) is 10.6 Å². The summed E-state index contributed by atoms with van der Waals surface area (Å²) in [6.07, 6.45) is 0.338. The van der Waals surface area contributed by atoms with Gasteiger partial charge < -0.3 is 15.7 Å². The highest BCUT2D eigenvalue weighted by atomic mass is 32.2. The predicted molar refractivity (Wildman–Crippen MR) is 124 cm³/mol. The Morgan fingerprint density at radius 1 is 0.871 bits per heavy atom. The lowest BCUT2D eigenvalue weighted by Gasteiger charge is -2.16. The van der Waals surface area contributed by atoms with Gasteiger partial charge in [0.25, 0.3) is 0 Å². The van der Waals surface area contributed by atoms with Crippen molar-refractivity contribution in [2.45, 2.75) is 36.3 Å². The van der Waals surface area contributed by atoms with Crippen molar-refractivity contribution in [3.05, 3.63) is 66.7 Å². The van der Waals surface area contributed by atoms with Crippen LogP contribution in [0.1, 0.15) is 26.2 Å². The second-order valence-electron chi connectivity index (χ2n) is 7.04. The van der Waals surface area contributed by atoms with Gasteiger partial charge in [-0.3, -0.25) is 14.4 Å². The summed E-state index contributed by atoms with van der Waals surface area (Å²) in [6, 6.07) is 21.0. The van der Waals surface area contributed by atoms with E-state index in [9.17, 15) is 14.4 Å². The molecule has 3 aromatic rings. The Balaban J connectivity index is 1.63. The van der Waals surface area contributed by atoms with Gasteiger partial charge in [-0.25, -0.2) is 0 Å². The van der Waals surface area contributed by atoms with E-state index in [0.29, 0.717) is 12.1 Å². The molecule has 0 saturated heterocycles. The molecule has 0 aliphatic heterocycles. The lowest BCUT2D eigenvalue weighted by molar-refractivity contribution is -0.138. The van der Waals surface area contributed by atoms with Crippen LogP contribution in [0.5, 0.6) is 0 Å². The molecule has 3 rings (SSSR count). The van der Waals surface area contributed by atoms with Crippen LogP contribution in [-0.2, 0) is 14.4 Å². The van der Waals surface area contributed by atoms with Gasteiger partial charge in [-0.2, -0.15) is 0 Å². The van der Waals surface area contributed by atoms with Gasteiger partial charge in [-0.05, 0) is 47.5 Å². The Morgan fingerprint density at radius 3 is 2.35 bits per heavy atom. The number of anilines is 2. The van der Waals surface area contributed by atoms with E-state index in [0.717, 1.165) is 21.4 Å². The van der Waals surface area contributed by atoms with Crippen molar-refractivity contribution in [1.29, 1.82) is 0 Å². The minimum Gasteiger partial charge on any atom is -0.481 e. The van der Waals surface area contributed by atoms with Crippen LogP contribution < -0.4 is 10.6 Å². The minimum absolute atomic E-state index is 0.0846. The Morgan fingerprint density at radius 2 is 1.61 bits per heavy atom. The third kappa shape index (κ3) is 6.58. The van der Waals surface area contributed by atoms with E-state index in [1.165, 1.54) is 11.8 Å². The SMILES string of the molecule is CCC(Sc1cccc(NC(=O)CCC(=O)O)c1)C(=O)Nc1ccc2ccccc2c1. The van der Waals surface area contributed by atoms with Gasteiger partial charge in [0.15, 0.2) is 0 Å². The fourth-order valence-corrected chi connectivity index (χ4v) is 4.08. The molecular weight excluding hydrogens is 412 g/mol. The van der Waals surface area contributed by atoms with Crippen molar-refractivity contribution in [3.8, 4) is 0 Å². The highest BCUT2D eigenvalue weighted by molar-refractivity contribution is 8.00. The first-order chi connectivity index (χ1) is 14.9. The number of amides is 2. The summed E-state index contributed by atoms with van der Waals surface area (Å²) in [6.45, 7) is 1.95. The first-order valence-electron chi connectivity index (χ1n) is 10.0. The number of carbonyl (C=O) groups is 3. The molecule has 0 aliphatic carbocycles. The average molecular weight is 437 g/mol. The van der Waals surface area contributed by atoms with Crippen LogP contribution in [0.25, 0.3) is 10.8 Å². The normalized spacial score (nSPS) is 11.6. The molecule has 0 spiro atoms. The van der Waals surface area contributed by atoms with Gasteiger partial charge >= 0.3 is 5.97 Å². The molecule has 0 aromatic heterocycles. The van der Waals surface area contributed by atoms with Crippen molar-refractivity contribution >= 4 is 51.7 Å². The summed E-state index contributed by atoms with van der Waals surface area (Å²) in [4.78, 5) is 36.2. The molecule has 31 heavy (non-hydrogen) atoms. The van der Waals surface area contributed by atoms with Crippen LogP contribution in [0, 0.1) is 0 Å². The van der Waals surface area contributed by atoms with E-state index in [1.807, 2.05) is 55.5 Å². The first kappa shape index (κ1) is 22.4. The zero-order chi connectivity index (χ0) is 22.2. The van der Waals surface area contributed by atoms with Crippen molar-refractivity contribution in [2.75, 3.05) is 10.6 Å². The molecular formula is C24H24N2O4S. The topological polar surface area (TPSA) is 95.5 Å². The van der Waals surface area contributed by atoms with E-state index in [1.54, 1.807) is 18.2 Å². The molecule has 0 saturated carbocycles. The number of carbonyl (C=O) groups excluding carboxylic acids is 2. The summed E-state index contributed by atoms with van der Waals surface area (Å²) < 4.78 is 0. The number of carboxylic acid groups (broad SMARTS) is 1. The van der Waals surface area contributed by atoms with Gasteiger partial charge in [0.05, 0.1) is 11.7 Å². The number of benzene rings is 3. The number of fused-ring (bicyclic) bond motifs is 1. The fraction of sp³-hybridized carbons (Fsp3) is 0.208. The third-order valence-electron chi connectivity index (χ3n) is 4.64.